The smallest absolute Gasteiger partial charge is 0.426 e. The molecule has 0 atom stereocenters. The van der Waals surface area contributed by atoms with E-state index in [1.807, 2.05) is 4.90 Å². The number of aromatic nitrogens is 1. The number of hydrogen-bond donors (Lipinski definition) is 2. The van der Waals surface area contributed by atoms with E-state index in [1.54, 1.807) is 26.8 Å². The van der Waals surface area contributed by atoms with Crippen molar-refractivity contribution in [3.05, 3.63) is 17.3 Å². The molecule has 0 bridgehead atoms. The van der Waals surface area contributed by atoms with Crippen LogP contribution in [0.4, 0.5) is 10.6 Å². The third-order valence-corrected chi connectivity index (χ3v) is 4.26. The topological polar surface area (TPSA) is 92.8 Å². The van der Waals surface area contributed by atoms with Gasteiger partial charge in [0.05, 0.1) is 18.8 Å². The molecule has 1 aliphatic heterocycles. The summed E-state index contributed by atoms with van der Waals surface area (Å²) in [5, 5.41) is 0. The highest BCUT2D eigenvalue weighted by Gasteiger charge is 2.30. The van der Waals surface area contributed by atoms with Crippen LogP contribution in [0.15, 0.2) is 6.07 Å². The van der Waals surface area contributed by atoms with Crippen LogP contribution in [-0.2, 0) is 9.47 Å². The van der Waals surface area contributed by atoms with Crippen LogP contribution < -0.4 is 21.2 Å². The fraction of sp³-hybridized carbons (Fsp3) is 0.611. The molecule has 1 saturated carbocycles. The fourth-order valence-corrected chi connectivity index (χ4v) is 2.88. The average molecular weight is 372 g/mol. The zero-order valence-electron chi connectivity index (χ0n) is 16.0. The average Bonchev–Trinajstić information content (AvgIpc) is 3.43. The zero-order chi connectivity index (χ0) is 19.6. The van der Waals surface area contributed by atoms with Crippen molar-refractivity contribution in [2.24, 2.45) is 0 Å². The highest BCUT2D eigenvalue weighted by atomic mass is 16.6. The summed E-state index contributed by atoms with van der Waals surface area (Å²) in [5.41, 5.74) is 5.63. The number of rotatable bonds is 3. The van der Waals surface area contributed by atoms with E-state index >= 15 is 0 Å². The van der Waals surface area contributed by atoms with Crippen molar-refractivity contribution in [1.82, 2.24) is 15.8 Å². The molecule has 27 heavy (non-hydrogen) atoms. The van der Waals surface area contributed by atoms with Gasteiger partial charge in [0.1, 0.15) is 19.3 Å². The second-order valence-corrected chi connectivity index (χ2v) is 7.79. The molecule has 1 aliphatic carbocycles. The van der Waals surface area contributed by atoms with Gasteiger partial charge in [-0.3, -0.25) is 10.2 Å². The fourth-order valence-electron chi connectivity index (χ4n) is 2.88. The van der Waals surface area contributed by atoms with Gasteiger partial charge in [0.25, 0.3) is 5.91 Å². The zero-order valence-corrected chi connectivity index (χ0v) is 16.0. The molecule has 8 nitrogen and oxygen atoms in total. The number of pyridine rings is 1. The van der Waals surface area contributed by atoms with Crippen LogP contribution in [0.1, 0.15) is 55.6 Å². The lowest BCUT2D eigenvalue weighted by Crippen LogP contribution is -2.45. The highest BCUT2D eigenvalue weighted by molar-refractivity contribution is 6.33. The lowest BCUT2D eigenvalue weighted by Gasteiger charge is -2.30. The minimum atomic E-state index is -0.737. The SMILES string of the molecule is [B]c1cc(C(=O)NNC(=O)OC(C)(C)C)c(N2CCOCC2)nc1C1CC1. The first-order valence-corrected chi connectivity index (χ1v) is 9.17. The molecule has 0 spiro atoms. The number of hydrazine groups is 1. The number of ether oxygens (including phenoxy) is 2. The molecular formula is C18H25BN4O4. The molecule has 2 fully saturated rings. The quantitative estimate of drug-likeness (QED) is 0.601. The predicted octanol–water partition coefficient (Wildman–Crippen LogP) is 0.759. The Balaban J connectivity index is 1.79. The van der Waals surface area contributed by atoms with Gasteiger partial charge in [-0.25, -0.2) is 15.2 Å². The number of morpholine rings is 1. The molecule has 1 aromatic rings. The minimum Gasteiger partial charge on any atom is -0.443 e. The molecule has 0 aromatic carbocycles. The second kappa shape index (κ2) is 7.76. The van der Waals surface area contributed by atoms with E-state index in [2.05, 4.69) is 10.9 Å². The van der Waals surface area contributed by atoms with Crippen LogP contribution in [0.5, 0.6) is 0 Å². The van der Waals surface area contributed by atoms with E-state index in [-0.39, 0.29) is 0 Å². The Morgan fingerprint density at radius 3 is 2.52 bits per heavy atom. The van der Waals surface area contributed by atoms with Gasteiger partial charge in [-0.15, -0.1) is 0 Å². The largest absolute Gasteiger partial charge is 0.443 e. The summed E-state index contributed by atoms with van der Waals surface area (Å²) in [6.07, 6.45) is 1.39. The molecule has 2 radical (unpaired) electrons. The molecule has 2 heterocycles. The van der Waals surface area contributed by atoms with Gasteiger partial charge in [-0.1, -0.05) is 11.5 Å². The number of anilines is 1. The first-order valence-electron chi connectivity index (χ1n) is 9.17. The maximum Gasteiger partial charge on any atom is 0.426 e. The van der Waals surface area contributed by atoms with Gasteiger partial charge in [0.15, 0.2) is 0 Å². The highest BCUT2D eigenvalue weighted by Crippen LogP contribution is 2.39. The first-order chi connectivity index (χ1) is 12.7. The van der Waals surface area contributed by atoms with Crippen molar-refractivity contribution >= 4 is 31.1 Å². The molecule has 2 amide bonds. The standard InChI is InChI=1S/C18H25BN4O4/c1-18(2,3)27-17(25)22-21-16(24)12-10-13(19)14(11-4-5-11)20-15(12)23-6-8-26-9-7-23/h10-11H,4-9H2,1-3H3,(H,21,24)(H,22,25). The number of hydrogen-bond acceptors (Lipinski definition) is 6. The summed E-state index contributed by atoms with van der Waals surface area (Å²) in [4.78, 5) is 31.2. The second-order valence-electron chi connectivity index (χ2n) is 7.79. The summed E-state index contributed by atoms with van der Waals surface area (Å²) in [5.74, 6) is 0.434. The van der Waals surface area contributed by atoms with E-state index in [9.17, 15) is 9.59 Å². The van der Waals surface area contributed by atoms with E-state index in [0.717, 1.165) is 18.5 Å². The Morgan fingerprint density at radius 2 is 1.93 bits per heavy atom. The normalized spacial score (nSPS) is 17.4. The van der Waals surface area contributed by atoms with Gasteiger partial charge in [0.2, 0.25) is 0 Å². The van der Waals surface area contributed by atoms with Gasteiger partial charge in [-0.2, -0.15) is 0 Å². The summed E-state index contributed by atoms with van der Waals surface area (Å²) in [7, 11) is 6.14. The monoisotopic (exact) mass is 372 g/mol. The third kappa shape index (κ3) is 5.12. The van der Waals surface area contributed by atoms with Crippen LogP contribution >= 0.6 is 0 Å². The van der Waals surface area contributed by atoms with Crippen LogP contribution in [0.25, 0.3) is 0 Å². The van der Waals surface area contributed by atoms with Crippen LogP contribution in [-0.4, -0.2) is 56.7 Å². The summed E-state index contributed by atoms with van der Waals surface area (Å²) in [6, 6.07) is 1.64. The van der Waals surface area contributed by atoms with Crippen LogP contribution in [0.2, 0.25) is 0 Å². The van der Waals surface area contributed by atoms with Crippen LogP contribution in [0.3, 0.4) is 0 Å². The number of nitrogens with zero attached hydrogens (tertiary/aromatic N) is 2. The molecular weight excluding hydrogens is 347 g/mol. The maximum atomic E-state index is 12.7. The Bertz CT molecular complexity index is 725. The van der Waals surface area contributed by atoms with E-state index in [0.29, 0.717) is 49.1 Å². The molecule has 2 N–H and O–H groups in total. The minimum absolute atomic E-state index is 0.315. The van der Waals surface area contributed by atoms with Crippen molar-refractivity contribution in [2.75, 3.05) is 31.2 Å². The number of amides is 2. The third-order valence-electron chi connectivity index (χ3n) is 4.26. The summed E-state index contributed by atoms with van der Waals surface area (Å²) >= 11 is 0. The molecule has 1 saturated heterocycles. The van der Waals surface area contributed by atoms with Crippen molar-refractivity contribution in [1.29, 1.82) is 0 Å². The van der Waals surface area contributed by atoms with E-state index in [4.69, 9.17) is 22.3 Å². The molecule has 144 valence electrons. The van der Waals surface area contributed by atoms with E-state index < -0.39 is 17.6 Å². The Kier molecular flexibility index (Phi) is 5.60. The Labute approximate surface area is 160 Å². The van der Waals surface area contributed by atoms with Gasteiger partial charge in [-0.05, 0) is 33.6 Å². The number of nitrogens with one attached hydrogen (secondary N) is 2. The van der Waals surface area contributed by atoms with Gasteiger partial charge < -0.3 is 14.4 Å². The maximum absolute atomic E-state index is 12.7. The van der Waals surface area contributed by atoms with Gasteiger partial charge >= 0.3 is 6.09 Å². The summed E-state index contributed by atoms with van der Waals surface area (Å²) < 4.78 is 10.5. The predicted molar refractivity (Wildman–Crippen MR) is 101 cm³/mol. The molecule has 2 aliphatic rings. The van der Waals surface area contributed by atoms with Crippen molar-refractivity contribution in [3.8, 4) is 0 Å². The molecule has 0 unspecified atom stereocenters. The molecule has 9 heteroatoms. The molecule has 3 rings (SSSR count). The number of carbonyl (C=O) groups excluding carboxylic acids is 2. The van der Waals surface area contributed by atoms with Crippen molar-refractivity contribution in [2.45, 2.75) is 45.1 Å². The first kappa shape index (κ1) is 19.5. The summed E-state index contributed by atoms with van der Waals surface area (Å²) in [6.45, 7) is 7.65. The number of carbonyl (C=O) groups is 2. The lowest BCUT2D eigenvalue weighted by molar-refractivity contribution is 0.0483. The molecule has 1 aromatic heterocycles. The van der Waals surface area contributed by atoms with E-state index in [1.165, 1.54) is 0 Å². The van der Waals surface area contributed by atoms with Crippen molar-refractivity contribution < 1.29 is 19.1 Å². The lowest BCUT2D eigenvalue weighted by atomic mass is 9.90. The van der Waals surface area contributed by atoms with Crippen molar-refractivity contribution in [3.63, 3.8) is 0 Å². The Hall–Kier alpha value is -2.29. The Morgan fingerprint density at radius 1 is 1.26 bits per heavy atom. The van der Waals surface area contributed by atoms with Crippen LogP contribution in [0, 0.1) is 0 Å². The van der Waals surface area contributed by atoms with Gasteiger partial charge in [0, 0.05) is 24.7 Å².